The van der Waals surface area contributed by atoms with Crippen LogP contribution in [0.2, 0.25) is 15.1 Å². The molecule has 51 heavy (non-hydrogen) atoms. The standard InChI is InChI=1S/C34H27Cl3N6O7S/c1-17-5-8-21(36)14-23(17)38-27(44)16-43-30(45)26(51-34(43)48)12-18-6-10-24(25(11-18)49-4)50-32-39-29-28(31(46)41(3)33(47)40(29)2)42(32)15-19-7-9-20(35)13-22(19)37/h5-14H,15-16H2,1-4H3,(H,38,44). The van der Waals surface area contributed by atoms with Crippen LogP contribution in [-0.4, -0.2) is 54.3 Å². The van der Waals surface area contributed by atoms with E-state index >= 15 is 0 Å². The Morgan fingerprint density at radius 3 is 2.39 bits per heavy atom. The van der Waals surface area contributed by atoms with E-state index in [-0.39, 0.29) is 40.1 Å². The van der Waals surface area contributed by atoms with E-state index in [1.165, 1.54) is 36.4 Å². The summed E-state index contributed by atoms with van der Waals surface area (Å²) in [5, 5.41) is 3.29. The third-order valence-corrected chi connectivity index (χ3v) is 9.72. The minimum absolute atomic E-state index is 0.0345. The number of methoxy groups -OCH3 is 1. The second kappa shape index (κ2) is 14.3. The molecule has 1 aliphatic rings. The number of fused-ring (bicyclic) bond motifs is 1. The molecule has 0 bridgehead atoms. The predicted octanol–water partition coefficient (Wildman–Crippen LogP) is 6.23. The second-order valence-corrected chi connectivity index (χ2v) is 13.7. The maximum Gasteiger partial charge on any atom is 0.332 e. The first-order valence-corrected chi connectivity index (χ1v) is 17.0. The predicted molar refractivity (Wildman–Crippen MR) is 196 cm³/mol. The Balaban J connectivity index is 1.28. The molecule has 0 aliphatic carbocycles. The molecule has 1 saturated heterocycles. The highest BCUT2D eigenvalue weighted by Gasteiger charge is 2.36. The molecule has 3 heterocycles. The molecule has 17 heteroatoms. The summed E-state index contributed by atoms with van der Waals surface area (Å²) in [5.74, 6) is -0.779. The Labute approximate surface area is 308 Å². The molecule has 0 atom stereocenters. The number of rotatable bonds is 9. The Morgan fingerprint density at radius 2 is 1.67 bits per heavy atom. The molecule has 2 aromatic heterocycles. The summed E-state index contributed by atoms with van der Waals surface area (Å²) in [6.07, 6.45) is 1.49. The van der Waals surface area contributed by atoms with Crippen LogP contribution in [0.4, 0.5) is 10.5 Å². The van der Waals surface area contributed by atoms with Gasteiger partial charge in [0.25, 0.3) is 16.7 Å². The van der Waals surface area contributed by atoms with E-state index in [1.54, 1.807) is 61.5 Å². The number of hydrogen-bond acceptors (Lipinski definition) is 9. The summed E-state index contributed by atoms with van der Waals surface area (Å²) in [6, 6.07) is 14.7. The fourth-order valence-electron chi connectivity index (χ4n) is 5.28. The number of anilines is 1. The number of amides is 3. The van der Waals surface area contributed by atoms with Crippen molar-refractivity contribution in [3.63, 3.8) is 0 Å². The van der Waals surface area contributed by atoms with Gasteiger partial charge < -0.3 is 14.8 Å². The number of halogens is 3. The van der Waals surface area contributed by atoms with Crippen LogP contribution in [-0.2, 0) is 30.2 Å². The summed E-state index contributed by atoms with van der Waals surface area (Å²) in [5.41, 5.74) is 1.36. The highest BCUT2D eigenvalue weighted by Crippen LogP contribution is 2.37. The lowest BCUT2D eigenvalue weighted by molar-refractivity contribution is -0.127. The Bertz CT molecular complexity index is 2440. The lowest BCUT2D eigenvalue weighted by atomic mass is 10.2. The van der Waals surface area contributed by atoms with E-state index in [4.69, 9.17) is 44.3 Å². The number of hydrogen-bond donors (Lipinski definition) is 1. The number of carbonyl (C=O) groups excluding carboxylic acids is 3. The van der Waals surface area contributed by atoms with E-state index in [1.807, 2.05) is 0 Å². The normalized spacial score (nSPS) is 13.8. The lowest BCUT2D eigenvalue weighted by Gasteiger charge is -2.14. The quantitative estimate of drug-likeness (QED) is 0.173. The number of imide groups is 1. The zero-order chi connectivity index (χ0) is 36.7. The largest absolute Gasteiger partial charge is 0.493 e. The van der Waals surface area contributed by atoms with Crippen molar-refractivity contribution >= 4 is 86.5 Å². The van der Waals surface area contributed by atoms with Crippen LogP contribution in [0.1, 0.15) is 16.7 Å². The fourth-order valence-corrected chi connectivity index (χ4v) is 6.76. The Morgan fingerprint density at radius 1 is 0.941 bits per heavy atom. The Hall–Kier alpha value is -5.02. The van der Waals surface area contributed by atoms with Crippen molar-refractivity contribution in [3.8, 4) is 17.5 Å². The van der Waals surface area contributed by atoms with Crippen LogP contribution in [0.3, 0.4) is 0 Å². The second-order valence-electron chi connectivity index (χ2n) is 11.4. The van der Waals surface area contributed by atoms with Gasteiger partial charge in [0.05, 0.1) is 18.6 Å². The minimum Gasteiger partial charge on any atom is -0.493 e. The van der Waals surface area contributed by atoms with Crippen LogP contribution in [0.25, 0.3) is 17.2 Å². The van der Waals surface area contributed by atoms with E-state index < -0.39 is 34.8 Å². The average Bonchev–Trinajstić information content (AvgIpc) is 3.57. The van der Waals surface area contributed by atoms with Gasteiger partial charge in [0.2, 0.25) is 5.91 Å². The molecule has 0 spiro atoms. The SMILES string of the molecule is COc1cc(C=C2SC(=O)N(CC(=O)Nc3cc(Cl)ccc3C)C2=O)ccc1Oc1nc2c(c(=O)n(C)c(=O)n2C)n1Cc1ccc(Cl)cc1Cl. The zero-order valence-electron chi connectivity index (χ0n) is 27.3. The lowest BCUT2D eigenvalue weighted by Crippen LogP contribution is -2.37. The van der Waals surface area contributed by atoms with Gasteiger partial charge in [-0.1, -0.05) is 53.0 Å². The Kier molecular flexibility index (Phi) is 10.0. The van der Waals surface area contributed by atoms with Crippen molar-refractivity contribution < 1.29 is 23.9 Å². The molecule has 0 radical (unpaired) electrons. The number of ether oxygens (including phenoxy) is 2. The number of benzene rings is 3. The number of thioether (sulfide) groups is 1. The maximum atomic E-state index is 13.4. The minimum atomic E-state index is -0.635. The highest BCUT2D eigenvalue weighted by atomic mass is 35.5. The number of aromatic nitrogens is 4. The van der Waals surface area contributed by atoms with Crippen LogP contribution in [0.5, 0.6) is 17.5 Å². The van der Waals surface area contributed by atoms with E-state index in [2.05, 4.69) is 10.3 Å². The van der Waals surface area contributed by atoms with Gasteiger partial charge in [-0.25, -0.2) is 4.79 Å². The molecule has 13 nitrogen and oxygen atoms in total. The van der Waals surface area contributed by atoms with Crippen LogP contribution in [0, 0.1) is 6.92 Å². The molecule has 1 fully saturated rings. The molecule has 6 rings (SSSR count). The number of carbonyl (C=O) groups is 3. The number of nitrogens with zero attached hydrogens (tertiary/aromatic N) is 5. The molecule has 3 aromatic carbocycles. The molecule has 0 unspecified atom stereocenters. The average molecular weight is 770 g/mol. The van der Waals surface area contributed by atoms with Gasteiger partial charge in [-0.05, 0) is 77.9 Å². The van der Waals surface area contributed by atoms with Crippen LogP contribution in [0.15, 0.2) is 69.1 Å². The fraction of sp³-hybridized carbons (Fsp3) is 0.176. The smallest absolute Gasteiger partial charge is 0.332 e. The summed E-state index contributed by atoms with van der Waals surface area (Å²) in [7, 11) is 4.27. The van der Waals surface area contributed by atoms with Crippen molar-refractivity contribution in [1.29, 1.82) is 0 Å². The van der Waals surface area contributed by atoms with E-state index in [9.17, 15) is 24.0 Å². The maximum absolute atomic E-state index is 13.4. The highest BCUT2D eigenvalue weighted by molar-refractivity contribution is 8.18. The topological polar surface area (TPSA) is 147 Å². The molecule has 262 valence electrons. The van der Waals surface area contributed by atoms with Gasteiger partial charge in [0.1, 0.15) is 6.54 Å². The number of nitrogens with one attached hydrogen (secondary N) is 1. The molecule has 1 N–H and O–H groups in total. The first-order chi connectivity index (χ1) is 24.2. The third-order valence-electron chi connectivity index (χ3n) is 7.99. The molecule has 0 saturated carbocycles. The van der Waals surface area contributed by atoms with Gasteiger partial charge in [0.15, 0.2) is 22.7 Å². The van der Waals surface area contributed by atoms with Gasteiger partial charge in [-0.2, -0.15) is 4.98 Å². The van der Waals surface area contributed by atoms with Gasteiger partial charge in [0, 0.05) is 34.9 Å². The zero-order valence-corrected chi connectivity index (χ0v) is 30.4. The molecular weight excluding hydrogens is 743 g/mol. The third kappa shape index (κ3) is 7.13. The number of imidazole rings is 1. The summed E-state index contributed by atoms with van der Waals surface area (Å²) >= 11 is 19.3. The molecule has 3 amide bonds. The summed E-state index contributed by atoms with van der Waals surface area (Å²) < 4.78 is 15.5. The van der Waals surface area contributed by atoms with Crippen molar-refractivity contribution in [2.45, 2.75) is 13.5 Å². The number of aryl methyl sites for hydroxylation is 2. The summed E-state index contributed by atoms with van der Waals surface area (Å²) in [4.78, 5) is 70.2. The first kappa shape index (κ1) is 35.8. The van der Waals surface area contributed by atoms with Crippen LogP contribution >= 0.6 is 46.6 Å². The van der Waals surface area contributed by atoms with Gasteiger partial charge >= 0.3 is 11.7 Å². The van der Waals surface area contributed by atoms with Gasteiger partial charge in [-0.15, -0.1) is 0 Å². The molecule has 1 aliphatic heterocycles. The summed E-state index contributed by atoms with van der Waals surface area (Å²) in [6.45, 7) is 1.35. The monoisotopic (exact) mass is 768 g/mol. The molecule has 5 aromatic rings. The van der Waals surface area contributed by atoms with E-state index in [0.717, 1.165) is 15.0 Å². The van der Waals surface area contributed by atoms with Crippen molar-refractivity contribution in [2.75, 3.05) is 19.0 Å². The van der Waals surface area contributed by atoms with Crippen LogP contribution < -0.4 is 26.0 Å². The van der Waals surface area contributed by atoms with Crippen molar-refractivity contribution in [2.24, 2.45) is 14.1 Å². The van der Waals surface area contributed by atoms with Crippen molar-refractivity contribution in [3.05, 3.63) is 112 Å². The first-order valence-electron chi connectivity index (χ1n) is 15.0. The van der Waals surface area contributed by atoms with Gasteiger partial charge in [-0.3, -0.25) is 37.8 Å². The molecular formula is C34H27Cl3N6O7S. The van der Waals surface area contributed by atoms with Crippen molar-refractivity contribution in [1.82, 2.24) is 23.6 Å². The van der Waals surface area contributed by atoms with E-state index in [0.29, 0.717) is 43.6 Å².